The number of nitrogens with one attached hydrogen (secondary N) is 2. The maximum Gasteiger partial charge on any atom is 0.259 e. The summed E-state index contributed by atoms with van der Waals surface area (Å²) in [6.07, 6.45) is 1.42. The standard InChI is InChI=1S/C43H52FN5O8S/c1-6-27-23-43(27,41(53)47-58(54,55)31-15-16-31)46-39(51)36-20-30(25-49(36)40(52)33(42(2,3)4)21-38(50)48-18-10-13-28(44)24-48)57-37-22-34(26-11-8-7-9-12-26)45-35-19-29(56-5)14-17-32(35)37/h6-9,11-12,14,17,19,22,27-28,30-31,33,36H,1,10,13,15-16,18,20-21,23-25H2,2-5H3,(H,46,51)(H,47,53)/t27-,28?,30-,33-,36+,43-/m1/s1. The number of fused-ring (bicyclic) bond motifs is 1. The minimum Gasteiger partial charge on any atom is -0.497 e. The summed E-state index contributed by atoms with van der Waals surface area (Å²) >= 11 is 0. The molecule has 2 aliphatic heterocycles. The third kappa shape index (κ3) is 8.55. The van der Waals surface area contributed by atoms with E-state index in [1.54, 1.807) is 19.2 Å². The molecular formula is C43H52FN5O8S. The Balaban J connectivity index is 1.21. The SMILES string of the molecule is C=C[C@@H]1C[C@]1(NC(=O)[C@@H]1C[C@@H](Oc2cc(-c3ccccc3)nc3cc(OC)ccc23)CN1C(=O)[C@@H](CC(=O)N1CCCC(F)C1)C(C)(C)C)C(=O)NS(=O)(=O)C1CC1. The highest BCUT2D eigenvalue weighted by Crippen LogP contribution is 2.46. The van der Waals surface area contributed by atoms with E-state index >= 15 is 0 Å². The number of halogens is 1. The molecule has 4 fully saturated rings. The number of pyridine rings is 1. The van der Waals surface area contributed by atoms with Crippen molar-refractivity contribution >= 4 is 44.6 Å². The van der Waals surface area contributed by atoms with E-state index in [0.717, 1.165) is 5.56 Å². The fraction of sp³-hybridized carbons (Fsp3) is 0.512. The maximum absolute atomic E-state index is 14.9. The predicted octanol–water partition coefficient (Wildman–Crippen LogP) is 4.94. The number of sulfonamides is 1. The van der Waals surface area contributed by atoms with Crippen LogP contribution in [0.5, 0.6) is 11.5 Å². The number of amides is 4. The number of ether oxygens (including phenoxy) is 2. The van der Waals surface area contributed by atoms with E-state index in [4.69, 9.17) is 14.5 Å². The van der Waals surface area contributed by atoms with E-state index in [1.807, 2.05) is 63.2 Å². The van der Waals surface area contributed by atoms with Crippen LogP contribution in [0.1, 0.15) is 65.7 Å². The third-order valence-electron chi connectivity index (χ3n) is 11.9. The predicted molar refractivity (Wildman–Crippen MR) is 216 cm³/mol. The molecule has 3 heterocycles. The number of benzene rings is 2. The molecule has 4 amide bonds. The lowest BCUT2D eigenvalue weighted by Crippen LogP contribution is -2.57. The van der Waals surface area contributed by atoms with E-state index < -0.39 is 74.1 Å². The summed E-state index contributed by atoms with van der Waals surface area (Å²) in [7, 11) is -2.36. The number of piperidine rings is 1. The average molecular weight is 818 g/mol. The Labute approximate surface area is 338 Å². The largest absolute Gasteiger partial charge is 0.497 e. The first-order valence-electron chi connectivity index (χ1n) is 20.0. The maximum atomic E-state index is 14.9. The first-order chi connectivity index (χ1) is 27.5. The van der Waals surface area contributed by atoms with Crippen LogP contribution in [0, 0.1) is 17.3 Å². The highest BCUT2D eigenvalue weighted by atomic mass is 32.2. The molecular weight excluding hydrogens is 766 g/mol. The number of rotatable bonds is 13. The molecule has 58 heavy (non-hydrogen) atoms. The average Bonchev–Trinajstić information content (AvgIpc) is 4.13. The lowest BCUT2D eigenvalue weighted by Gasteiger charge is -2.37. The topological polar surface area (TPSA) is 164 Å². The molecule has 6 atom stereocenters. The highest BCUT2D eigenvalue weighted by Gasteiger charge is 2.62. The zero-order valence-corrected chi connectivity index (χ0v) is 34.2. The van der Waals surface area contributed by atoms with E-state index in [1.165, 1.54) is 15.9 Å². The molecule has 0 radical (unpaired) electrons. The van der Waals surface area contributed by atoms with Gasteiger partial charge in [0, 0.05) is 48.4 Å². The van der Waals surface area contributed by atoms with Crippen LogP contribution in [-0.2, 0) is 29.2 Å². The van der Waals surface area contributed by atoms with Crippen molar-refractivity contribution in [3.05, 3.63) is 67.3 Å². The van der Waals surface area contributed by atoms with Gasteiger partial charge in [0.25, 0.3) is 5.91 Å². The van der Waals surface area contributed by atoms with Crippen LogP contribution in [0.3, 0.4) is 0 Å². The van der Waals surface area contributed by atoms with Crippen LogP contribution in [-0.4, -0.2) is 103 Å². The Kier molecular flexibility index (Phi) is 11.3. The summed E-state index contributed by atoms with van der Waals surface area (Å²) in [4.78, 5) is 64.4. The number of nitrogens with zero attached hydrogens (tertiary/aromatic N) is 3. The van der Waals surface area contributed by atoms with Crippen LogP contribution in [0.25, 0.3) is 22.2 Å². The minimum absolute atomic E-state index is 0.0233. The first kappa shape index (κ1) is 41.1. The van der Waals surface area contributed by atoms with Crippen molar-refractivity contribution in [2.24, 2.45) is 17.3 Å². The Hall–Kier alpha value is -5.05. The monoisotopic (exact) mass is 817 g/mol. The van der Waals surface area contributed by atoms with Crippen LogP contribution in [0.15, 0.2) is 67.3 Å². The van der Waals surface area contributed by atoms with Crippen molar-refractivity contribution in [2.75, 3.05) is 26.7 Å². The fourth-order valence-electron chi connectivity index (χ4n) is 8.15. The van der Waals surface area contributed by atoms with Gasteiger partial charge in [-0.2, -0.15) is 0 Å². The van der Waals surface area contributed by atoms with Gasteiger partial charge < -0.3 is 24.6 Å². The molecule has 13 nitrogen and oxygen atoms in total. The summed E-state index contributed by atoms with van der Waals surface area (Å²) in [6.45, 7) is 9.67. The van der Waals surface area contributed by atoms with Gasteiger partial charge in [0.15, 0.2) is 0 Å². The van der Waals surface area contributed by atoms with Gasteiger partial charge in [-0.1, -0.05) is 57.2 Å². The molecule has 15 heteroatoms. The molecule has 0 bridgehead atoms. The molecule has 1 aromatic heterocycles. The summed E-state index contributed by atoms with van der Waals surface area (Å²) in [5.41, 5.74) is -0.235. The van der Waals surface area contributed by atoms with Gasteiger partial charge in [-0.15, -0.1) is 6.58 Å². The molecule has 310 valence electrons. The number of methoxy groups -OCH3 is 1. The lowest BCUT2D eigenvalue weighted by atomic mass is 9.77. The summed E-state index contributed by atoms with van der Waals surface area (Å²) in [6, 6.07) is 15.6. The smallest absolute Gasteiger partial charge is 0.259 e. The second kappa shape index (κ2) is 16.0. The van der Waals surface area contributed by atoms with Crippen LogP contribution < -0.4 is 19.5 Å². The molecule has 3 aromatic rings. The van der Waals surface area contributed by atoms with Gasteiger partial charge in [-0.05, 0) is 49.7 Å². The molecule has 2 saturated carbocycles. The number of hydrogen-bond donors (Lipinski definition) is 2. The minimum atomic E-state index is -3.92. The third-order valence-corrected chi connectivity index (χ3v) is 13.7. The van der Waals surface area contributed by atoms with Gasteiger partial charge in [0.1, 0.15) is 35.4 Å². The Morgan fingerprint density at radius 2 is 1.81 bits per heavy atom. The molecule has 2 aliphatic carbocycles. The van der Waals surface area contributed by atoms with E-state index in [0.29, 0.717) is 60.3 Å². The summed E-state index contributed by atoms with van der Waals surface area (Å²) in [5.74, 6) is -2.67. The molecule has 7 rings (SSSR count). The zero-order valence-electron chi connectivity index (χ0n) is 33.4. The van der Waals surface area contributed by atoms with Crippen LogP contribution in [0.4, 0.5) is 4.39 Å². The van der Waals surface area contributed by atoms with Gasteiger partial charge in [0.05, 0.1) is 42.6 Å². The fourth-order valence-corrected chi connectivity index (χ4v) is 9.51. The molecule has 1 unspecified atom stereocenters. The van der Waals surface area contributed by atoms with E-state index in [2.05, 4.69) is 16.6 Å². The van der Waals surface area contributed by atoms with Crippen LogP contribution in [0.2, 0.25) is 0 Å². The number of aromatic nitrogens is 1. The second-order valence-corrected chi connectivity index (χ2v) is 19.1. The van der Waals surface area contributed by atoms with Crippen molar-refractivity contribution in [1.29, 1.82) is 0 Å². The van der Waals surface area contributed by atoms with Crippen molar-refractivity contribution in [2.45, 2.75) is 94.8 Å². The molecule has 0 spiro atoms. The van der Waals surface area contributed by atoms with Gasteiger partial charge >= 0.3 is 0 Å². The van der Waals surface area contributed by atoms with Crippen molar-refractivity contribution < 1.29 is 41.5 Å². The van der Waals surface area contributed by atoms with Crippen LogP contribution >= 0.6 is 0 Å². The Morgan fingerprint density at radius 3 is 2.45 bits per heavy atom. The molecule has 2 aromatic carbocycles. The van der Waals surface area contributed by atoms with Crippen molar-refractivity contribution in [1.82, 2.24) is 24.8 Å². The highest BCUT2D eigenvalue weighted by molar-refractivity contribution is 7.91. The Morgan fingerprint density at radius 1 is 1.07 bits per heavy atom. The quantitative estimate of drug-likeness (QED) is 0.228. The molecule has 2 saturated heterocycles. The van der Waals surface area contributed by atoms with Gasteiger partial charge in [-0.25, -0.2) is 17.8 Å². The van der Waals surface area contributed by atoms with Crippen molar-refractivity contribution in [3.8, 4) is 22.8 Å². The van der Waals surface area contributed by atoms with Gasteiger partial charge in [0.2, 0.25) is 27.7 Å². The van der Waals surface area contributed by atoms with E-state index in [9.17, 15) is 32.0 Å². The number of hydrogen-bond acceptors (Lipinski definition) is 9. The number of carbonyl (C=O) groups excluding carboxylic acids is 4. The number of carbonyl (C=O) groups is 4. The Bertz CT molecular complexity index is 2210. The van der Waals surface area contributed by atoms with Crippen molar-refractivity contribution in [3.63, 3.8) is 0 Å². The number of alkyl halides is 1. The van der Waals surface area contributed by atoms with Gasteiger partial charge in [-0.3, -0.25) is 23.9 Å². The lowest BCUT2D eigenvalue weighted by molar-refractivity contribution is -0.149. The molecule has 2 N–H and O–H groups in total. The number of likely N-dealkylation sites (tertiary alicyclic amines) is 2. The first-order valence-corrected chi connectivity index (χ1v) is 21.5. The summed E-state index contributed by atoms with van der Waals surface area (Å²) < 4.78 is 54.4. The molecule has 4 aliphatic rings. The second-order valence-electron chi connectivity index (χ2n) is 17.1. The summed E-state index contributed by atoms with van der Waals surface area (Å²) in [5, 5.41) is 2.85. The zero-order chi connectivity index (χ0) is 41.6. The van der Waals surface area contributed by atoms with E-state index in [-0.39, 0.29) is 38.3 Å². The normalized spacial score (nSPS) is 25.1.